The van der Waals surface area contributed by atoms with E-state index in [-0.39, 0.29) is 0 Å². The van der Waals surface area contributed by atoms with Crippen molar-refractivity contribution in [2.24, 2.45) is 0 Å². The Hall–Kier alpha value is -1.39. The Kier molecular flexibility index (Phi) is 6.37. The maximum atomic E-state index is 12.6. The second-order valence-corrected chi connectivity index (χ2v) is 6.42. The molecule has 0 saturated heterocycles. The molecule has 0 aromatic heterocycles. The molecule has 0 saturated carbocycles. The number of rotatable bonds is 4. The van der Waals surface area contributed by atoms with Gasteiger partial charge in [0.1, 0.15) is 0 Å². The lowest BCUT2D eigenvalue weighted by Gasteiger charge is -2.20. The van der Waals surface area contributed by atoms with Gasteiger partial charge in [0.15, 0.2) is 0 Å². The molecule has 0 unspecified atom stereocenters. The van der Waals surface area contributed by atoms with E-state index in [2.05, 4.69) is 0 Å². The highest BCUT2D eigenvalue weighted by Crippen LogP contribution is 2.27. The number of hydrogen-bond acceptors (Lipinski definition) is 2. The van der Waals surface area contributed by atoms with E-state index < -0.39 is 10.0 Å². The molecule has 0 bridgehead atoms. The summed E-state index contributed by atoms with van der Waals surface area (Å²) in [5.74, 6) is 0. The van der Waals surface area contributed by atoms with Crippen LogP contribution in [0.25, 0.3) is 10.8 Å². The van der Waals surface area contributed by atoms with Crippen molar-refractivity contribution in [3.63, 3.8) is 0 Å². The topological polar surface area (TPSA) is 37.4 Å². The molecular formula is C17H25NO2S. The third-order valence-corrected chi connectivity index (χ3v) is 5.53. The summed E-state index contributed by atoms with van der Waals surface area (Å²) in [7, 11) is -3.41. The summed E-state index contributed by atoms with van der Waals surface area (Å²) in [5, 5.41) is 1.80. The molecule has 0 aliphatic carbocycles. The molecule has 2 aromatic rings. The lowest BCUT2D eigenvalue weighted by atomic mass is 10.1. The van der Waals surface area contributed by atoms with Gasteiger partial charge in [0, 0.05) is 18.5 Å². The van der Waals surface area contributed by atoms with Gasteiger partial charge in [-0.25, -0.2) is 8.42 Å². The van der Waals surface area contributed by atoms with Crippen molar-refractivity contribution in [2.45, 2.75) is 39.5 Å². The number of nitrogens with zero attached hydrogens (tertiary/aromatic N) is 1. The maximum absolute atomic E-state index is 12.6. The van der Waals surface area contributed by atoms with Crippen LogP contribution in [0.2, 0.25) is 0 Å². The first-order valence-corrected chi connectivity index (χ1v) is 8.94. The van der Waals surface area contributed by atoms with E-state index in [0.29, 0.717) is 18.0 Å². The molecule has 116 valence electrons. The molecule has 0 atom stereocenters. The van der Waals surface area contributed by atoms with Gasteiger partial charge in [-0.2, -0.15) is 4.31 Å². The van der Waals surface area contributed by atoms with Crippen molar-refractivity contribution in [3.05, 3.63) is 42.0 Å². The molecule has 0 spiro atoms. The van der Waals surface area contributed by atoms with Gasteiger partial charge in [-0.05, 0) is 23.9 Å². The second kappa shape index (κ2) is 7.57. The van der Waals surface area contributed by atoms with Gasteiger partial charge >= 0.3 is 0 Å². The summed E-state index contributed by atoms with van der Waals surface area (Å²) in [6.07, 6.45) is 0. The van der Waals surface area contributed by atoms with Crippen molar-refractivity contribution >= 4 is 20.8 Å². The Morgan fingerprint density at radius 2 is 1.43 bits per heavy atom. The first-order valence-electron chi connectivity index (χ1n) is 7.50. The van der Waals surface area contributed by atoms with Crippen LogP contribution >= 0.6 is 0 Å². The monoisotopic (exact) mass is 307 g/mol. The van der Waals surface area contributed by atoms with Crippen molar-refractivity contribution in [1.82, 2.24) is 4.31 Å². The van der Waals surface area contributed by atoms with Crippen molar-refractivity contribution in [3.8, 4) is 0 Å². The van der Waals surface area contributed by atoms with E-state index in [1.54, 1.807) is 6.07 Å². The van der Waals surface area contributed by atoms with Crippen LogP contribution < -0.4 is 0 Å². The van der Waals surface area contributed by atoms with Crippen molar-refractivity contribution in [2.75, 3.05) is 13.1 Å². The van der Waals surface area contributed by atoms with Crippen LogP contribution in [0.5, 0.6) is 0 Å². The van der Waals surface area contributed by atoms with Gasteiger partial charge in [-0.15, -0.1) is 0 Å². The average molecular weight is 307 g/mol. The Labute approximate surface area is 128 Å². The molecule has 2 aromatic carbocycles. The molecule has 0 radical (unpaired) electrons. The van der Waals surface area contributed by atoms with Gasteiger partial charge in [-0.3, -0.25) is 0 Å². The summed E-state index contributed by atoms with van der Waals surface area (Å²) in [6, 6.07) is 11.2. The summed E-state index contributed by atoms with van der Waals surface area (Å²) < 4.78 is 26.8. The predicted octanol–water partition coefficient (Wildman–Crippen LogP) is 4.20. The van der Waals surface area contributed by atoms with Crippen molar-refractivity contribution < 1.29 is 8.42 Å². The summed E-state index contributed by atoms with van der Waals surface area (Å²) in [4.78, 5) is 0.400. The lowest BCUT2D eigenvalue weighted by molar-refractivity contribution is 0.446. The fraction of sp³-hybridized carbons (Fsp3) is 0.412. The van der Waals surface area contributed by atoms with Gasteiger partial charge < -0.3 is 0 Å². The fourth-order valence-electron chi connectivity index (χ4n) is 2.35. The number of hydrogen-bond donors (Lipinski definition) is 0. The Balaban J connectivity index is 0.00000106. The number of aryl methyl sites for hydroxylation is 1. The van der Waals surface area contributed by atoms with E-state index in [9.17, 15) is 8.42 Å². The SMILES string of the molecule is CC.CCN(CC)S(=O)(=O)c1ccc(C)c2ccccc12. The first-order chi connectivity index (χ1) is 10.0. The number of sulfonamides is 1. The zero-order chi connectivity index (χ0) is 16.0. The number of benzene rings is 2. The van der Waals surface area contributed by atoms with Crippen LogP contribution in [0.1, 0.15) is 33.3 Å². The van der Waals surface area contributed by atoms with E-state index in [1.807, 2.05) is 65.0 Å². The summed E-state index contributed by atoms with van der Waals surface area (Å²) >= 11 is 0. The zero-order valence-electron chi connectivity index (χ0n) is 13.6. The van der Waals surface area contributed by atoms with Crippen LogP contribution in [0.4, 0.5) is 0 Å². The van der Waals surface area contributed by atoms with E-state index >= 15 is 0 Å². The van der Waals surface area contributed by atoms with Crippen LogP contribution in [0, 0.1) is 6.92 Å². The standard InChI is InChI=1S/C15H19NO2S.C2H6/c1-4-16(5-2)19(17,18)15-11-10-12(3)13-8-6-7-9-14(13)15;1-2/h6-11H,4-5H2,1-3H3;1-2H3. The minimum Gasteiger partial charge on any atom is -0.207 e. The highest BCUT2D eigenvalue weighted by atomic mass is 32.2. The minimum absolute atomic E-state index is 0.400. The normalized spacial score (nSPS) is 11.3. The lowest BCUT2D eigenvalue weighted by Crippen LogP contribution is -2.30. The molecule has 0 aliphatic heterocycles. The predicted molar refractivity (Wildman–Crippen MR) is 90.1 cm³/mol. The van der Waals surface area contributed by atoms with Gasteiger partial charge in [-0.1, -0.05) is 58.0 Å². The van der Waals surface area contributed by atoms with Crippen LogP contribution in [-0.4, -0.2) is 25.8 Å². The molecule has 0 heterocycles. The third kappa shape index (κ3) is 3.44. The third-order valence-electron chi connectivity index (χ3n) is 3.43. The van der Waals surface area contributed by atoms with Crippen molar-refractivity contribution in [1.29, 1.82) is 0 Å². The minimum atomic E-state index is -3.41. The molecular weight excluding hydrogens is 282 g/mol. The Morgan fingerprint density at radius 1 is 0.905 bits per heavy atom. The average Bonchev–Trinajstić information content (AvgIpc) is 2.50. The Morgan fingerprint density at radius 3 is 1.95 bits per heavy atom. The molecule has 21 heavy (non-hydrogen) atoms. The smallest absolute Gasteiger partial charge is 0.207 e. The summed E-state index contributed by atoms with van der Waals surface area (Å²) in [6.45, 7) is 10.7. The first kappa shape index (κ1) is 17.7. The highest BCUT2D eigenvalue weighted by molar-refractivity contribution is 7.89. The Bertz CT molecular complexity index is 689. The number of fused-ring (bicyclic) bond motifs is 1. The molecule has 3 nitrogen and oxygen atoms in total. The molecule has 0 fully saturated rings. The van der Waals surface area contributed by atoms with Crippen LogP contribution in [0.15, 0.2) is 41.3 Å². The van der Waals surface area contributed by atoms with Crippen LogP contribution in [-0.2, 0) is 10.0 Å². The zero-order valence-corrected chi connectivity index (χ0v) is 14.4. The van der Waals surface area contributed by atoms with Gasteiger partial charge in [0.25, 0.3) is 0 Å². The molecule has 4 heteroatoms. The largest absolute Gasteiger partial charge is 0.243 e. The fourth-order valence-corrected chi connectivity index (χ4v) is 4.00. The van der Waals surface area contributed by atoms with E-state index in [4.69, 9.17) is 0 Å². The summed E-state index contributed by atoms with van der Waals surface area (Å²) in [5.41, 5.74) is 1.09. The van der Waals surface area contributed by atoms with Gasteiger partial charge in [0.2, 0.25) is 10.0 Å². The molecule has 0 N–H and O–H groups in total. The molecule has 2 rings (SSSR count). The quantitative estimate of drug-likeness (QED) is 0.848. The maximum Gasteiger partial charge on any atom is 0.243 e. The van der Waals surface area contributed by atoms with Gasteiger partial charge in [0.05, 0.1) is 4.90 Å². The van der Waals surface area contributed by atoms with E-state index in [0.717, 1.165) is 16.3 Å². The molecule has 0 aliphatic rings. The van der Waals surface area contributed by atoms with Crippen LogP contribution in [0.3, 0.4) is 0 Å². The second-order valence-electron chi connectivity index (χ2n) is 4.52. The highest BCUT2D eigenvalue weighted by Gasteiger charge is 2.23. The van der Waals surface area contributed by atoms with E-state index in [1.165, 1.54) is 4.31 Å². The molecule has 0 amide bonds.